The quantitative estimate of drug-likeness (QED) is 0.809. The Bertz CT molecular complexity index is 560. The molecule has 0 aliphatic rings. The van der Waals surface area contributed by atoms with Gasteiger partial charge in [-0.3, -0.25) is 9.36 Å². The highest BCUT2D eigenvalue weighted by Gasteiger charge is 2.25. The Morgan fingerprint density at radius 1 is 1.29 bits per heavy atom. The van der Waals surface area contributed by atoms with Gasteiger partial charge < -0.3 is 10.1 Å². The Morgan fingerprint density at radius 2 is 2.10 bits per heavy atom. The van der Waals surface area contributed by atoms with Gasteiger partial charge in [-0.2, -0.15) is 10.2 Å². The summed E-state index contributed by atoms with van der Waals surface area (Å²) in [6, 6.07) is 2.07. The van der Waals surface area contributed by atoms with Crippen molar-refractivity contribution in [2.45, 2.75) is 39.3 Å². The van der Waals surface area contributed by atoms with E-state index in [1.807, 2.05) is 28.7 Å². The first-order valence-electron chi connectivity index (χ1n) is 7.53. The van der Waals surface area contributed by atoms with Crippen LogP contribution >= 0.6 is 0 Å². The topological polar surface area (TPSA) is 56.9 Å². The van der Waals surface area contributed by atoms with E-state index in [1.54, 1.807) is 13.3 Å². The van der Waals surface area contributed by atoms with Crippen LogP contribution < -0.4 is 10.1 Å². The molecule has 1 N–H and O–H groups in total. The van der Waals surface area contributed by atoms with Crippen molar-refractivity contribution in [2.75, 3.05) is 13.7 Å². The van der Waals surface area contributed by atoms with Gasteiger partial charge >= 0.3 is 0 Å². The highest BCUT2D eigenvalue weighted by molar-refractivity contribution is 5.34. The molecule has 2 aromatic rings. The van der Waals surface area contributed by atoms with Gasteiger partial charge in [0.15, 0.2) is 5.75 Å². The number of ether oxygens (including phenoxy) is 1. The maximum atomic E-state index is 5.52. The third-order valence-electron chi connectivity index (χ3n) is 3.53. The van der Waals surface area contributed by atoms with Crippen LogP contribution in [0.5, 0.6) is 5.75 Å². The monoisotopic (exact) mass is 291 g/mol. The van der Waals surface area contributed by atoms with Gasteiger partial charge in [-0.15, -0.1) is 0 Å². The number of hydrogen-bond donors (Lipinski definition) is 1. The van der Waals surface area contributed by atoms with Crippen molar-refractivity contribution < 1.29 is 4.74 Å². The van der Waals surface area contributed by atoms with E-state index in [2.05, 4.69) is 29.4 Å². The Labute approximate surface area is 126 Å². The molecule has 0 saturated heterocycles. The number of hydrogen-bond acceptors (Lipinski definition) is 4. The SMILES string of the molecule is CCCNC(c1ccnn1C)c1c(OC)cnn1CCC. The largest absolute Gasteiger partial charge is 0.493 e. The molecule has 21 heavy (non-hydrogen) atoms. The summed E-state index contributed by atoms with van der Waals surface area (Å²) < 4.78 is 9.44. The minimum Gasteiger partial charge on any atom is -0.493 e. The maximum absolute atomic E-state index is 5.52. The highest BCUT2D eigenvalue weighted by atomic mass is 16.5. The zero-order valence-corrected chi connectivity index (χ0v) is 13.3. The van der Waals surface area contributed by atoms with Gasteiger partial charge in [-0.05, 0) is 25.5 Å². The zero-order valence-electron chi connectivity index (χ0n) is 13.3. The summed E-state index contributed by atoms with van der Waals surface area (Å²) in [5.41, 5.74) is 2.18. The second-order valence-corrected chi connectivity index (χ2v) is 5.09. The lowest BCUT2D eigenvalue weighted by Crippen LogP contribution is -2.28. The van der Waals surface area contributed by atoms with Crippen molar-refractivity contribution in [1.29, 1.82) is 0 Å². The summed E-state index contributed by atoms with van der Waals surface area (Å²) >= 11 is 0. The van der Waals surface area contributed by atoms with Crippen LogP contribution in [-0.2, 0) is 13.6 Å². The van der Waals surface area contributed by atoms with Crippen LogP contribution in [-0.4, -0.2) is 33.2 Å². The third-order valence-corrected chi connectivity index (χ3v) is 3.53. The molecule has 0 saturated carbocycles. The molecule has 0 aromatic carbocycles. The number of methoxy groups -OCH3 is 1. The second-order valence-electron chi connectivity index (χ2n) is 5.09. The van der Waals surface area contributed by atoms with E-state index in [1.165, 1.54) is 0 Å². The van der Waals surface area contributed by atoms with Crippen LogP contribution in [0.3, 0.4) is 0 Å². The predicted octanol–water partition coefficient (Wildman–Crippen LogP) is 2.12. The van der Waals surface area contributed by atoms with E-state index >= 15 is 0 Å². The second kappa shape index (κ2) is 7.26. The first-order valence-corrected chi connectivity index (χ1v) is 7.53. The van der Waals surface area contributed by atoms with Crippen molar-refractivity contribution in [3.8, 4) is 5.75 Å². The van der Waals surface area contributed by atoms with Gasteiger partial charge in [0.1, 0.15) is 5.69 Å². The number of nitrogens with zero attached hydrogens (tertiary/aromatic N) is 4. The van der Waals surface area contributed by atoms with Crippen LogP contribution in [0.2, 0.25) is 0 Å². The molecule has 0 spiro atoms. The van der Waals surface area contributed by atoms with Gasteiger partial charge in [-0.1, -0.05) is 13.8 Å². The minimum atomic E-state index is 0.0291. The molecule has 2 aromatic heterocycles. The number of aromatic nitrogens is 4. The molecule has 0 radical (unpaired) electrons. The molecule has 0 bridgehead atoms. The van der Waals surface area contributed by atoms with E-state index in [4.69, 9.17) is 4.74 Å². The first kappa shape index (κ1) is 15.6. The van der Waals surface area contributed by atoms with Gasteiger partial charge in [0.25, 0.3) is 0 Å². The van der Waals surface area contributed by atoms with Crippen LogP contribution in [0.4, 0.5) is 0 Å². The van der Waals surface area contributed by atoms with Crippen LogP contribution in [0.15, 0.2) is 18.5 Å². The van der Waals surface area contributed by atoms with E-state index in [0.717, 1.165) is 43.1 Å². The fourth-order valence-corrected chi connectivity index (χ4v) is 2.51. The summed E-state index contributed by atoms with van der Waals surface area (Å²) in [7, 11) is 3.65. The molecule has 0 aliphatic heterocycles. The van der Waals surface area contributed by atoms with Gasteiger partial charge in [0.05, 0.1) is 25.0 Å². The Kier molecular flexibility index (Phi) is 5.38. The van der Waals surface area contributed by atoms with Crippen molar-refractivity contribution in [3.63, 3.8) is 0 Å². The lowest BCUT2D eigenvalue weighted by molar-refractivity contribution is 0.395. The molecule has 116 valence electrons. The Balaban J connectivity index is 2.45. The van der Waals surface area contributed by atoms with Crippen LogP contribution in [0.25, 0.3) is 0 Å². The van der Waals surface area contributed by atoms with Crippen molar-refractivity contribution in [3.05, 3.63) is 29.8 Å². The standard InChI is InChI=1S/C15H25N5O/c1-5-8-16-14(12-7-9-17-19(12)3)15-13(21-4)11-18-20(15)10-6-2/h7,9,11,14,16H,5-6,8,10H2,1-4H3. The molecule has 0 amide bonds. The van der Waals surface area contributed by atoms with Gasteiger partial charge in [0.2, 0.25) is 0 Å². The Hall–Kier alpha value is -1.82. The van der Waals surface area contributed by atoms with E-state index in [9.17, 15) is 0 Å². The van der Waals surface area contributed by atoms with Crippen LogP contribution in [0, 0.1) is 0 Å². The first-order chi connectivity index (χ1) is 10.2. The van der Waals surface area contributed by atoms with E-state index in [-0.39, 0.29) is 6.04 Å². The lowest BCUT2D eigenvalue weighted by atomic mass is 10.1. The van der Waals surface area contributed by atoms with Crippen molar-refractivity contribution in [1.82, 2.24) is 24.9 Å². The van der Waals surface area contributed by atoms with Crippen LogP contribution in [0.1, 0.15) is 44.1 Å². The normalized spacial score (nSPS) is 12.6. The average Bonchev–Trinajstić information content (AvgIpc) is 3.08. The van der Waals surface area contributed by atoms with E-state index < -0.39 is 0 Å². The summed E-state index contributed by atoms with van der Waals surface area (Å²) in [4.78, 5) is 0. The van der Waals surface area contributed by atoms with Crippen molar-refractivity contribution in [2.24, 2.45) is 7.05 Å². The third kappa shape index (κ3) is 3.26. The molecule has 1 atom stereocenters. The summed E-state index contributed by atoms with van der Waals surface area (Å²) in [6.45, 7) is 6.11. The molecule has 6 heteroatoms. The molecule has 0 fully saturated rings. The molecule has 0 aliphatic carbocycles. The average molecular weight is 291 g/mol. The molecule has 2 heterocycles. The molecule has 1 unspecified atom stereocenters. The fraction of sp³-hybridized carbons (Fsp3) is 0.600. The smallest absolute Gasteiger partial charge is 0.161 e. The van der Waals surface area contributed by atoms with E-state index in [0.29, 0.717) is 0 Å². The lowest BCUT2D eigenvalue weighted by Gasteiger charge is -2.21. The Morgan fingerprint density at radius 3 is 2.67 bits per heavy atom. The number of rotatable bonds is 8. The van der Waals surface area contributed by atoms with Gasteiger partial charge in [0, 0.05) is 19.8 Å². The van der Waals surface area contributed by atoms with Gasteiger partial charge in [-0.25, -0.2) is 0 Å². The summed E-state index contributed by atoms with van der Waals surface area (Å²) in [5, 5.41) is 12.3. The maximum Gasteiger partial charge on any atom is 0.161 e. The zero-order chi connectivity index (χ0) is 15.2. The summed E-state index contributed by atoms with van der Waals surface area (Å²) in [5.74, 6) is 0.818. The summed E-state index contributed by atoms with van der Waals surface area (Å²) in [6.07, 6.45) is 5.72. The highest BCUT2D eigenvalue weighted by Crippen LogP contribution is 2.30. The predicted molar refractivity (Wildman–Crippen MR) is 82.4 cm³/mol. The number of aryl methyl sites for hydroxylation is 2. The molecule has 6 nitrogen and oxygen atoms in total. The molecular weight excluding hydrogens is 266 g/mol. The molecular formula is C15H25N5O. The van der Waals surface area contributed by atoms with Crippen molar-refractivity contribution >= 4 is 0 Å². The molecule has 2 rings (SSSR count). The minimum absolute atomic E-state index is 0.0291. The fourth-order valence-electron chi connectivity index (χ4n) is 2.51. The number of nitrogens with one attached hydrogen (secondary N) is 1.